The molecule has 0 unspecified atom stereocenters. The average molecular weight is 891 g/mol. The maximum atomic E-state index is 14.2. The Morgan fingerprint density at radius 3 is 1.80 bits per heavy atom. The van der Waals surface area contributed by atoms with Gasteiger partial charge < -0.3 is 90.1 Å². The van der Waals surface area contributed by atoms with E-state index in [4.69, 9.17) is 23.7 Å². The van der Waals surface area contributed by atoms with Crippen LogP contribution in [0.25, 0.3) is 11.1 Å². The lowest BCUT2D eigenvalue weighted by atomic mass is 9.92. The Kier molecular flexibility index (Phi) is 11.4. The van der Waals surface area contributed by atoms with Gasteiger partial charge >= 0.3 is 17.9 Å². The van der Waals surface area contributed by atoms with Gasteiger partial charge in [0.25, 0.3) is 0 Å². The van der Waals surface area contributed by atoms with Crippen molar-refractivity contribution in [3.63, 3.8) is 0 Å². The Balaban J connectivity index is 1.33. The summed E-state index contributed by atoms with van der Waals surface area (Å²) in [6, 6.07) is 9.75. The molecule has 22 nitrogen and oxygen atoms in total. The molecule has 5 aromatic carbocycles. The lowest BCUT2D eigenvalue weighted by Crippen LogP contribution is -2.62. The summed E-state index contributed by atoms with van der Waals surface area (Å²) in [7, 11) is 0. The molecule has 1 fully saturated rings. The molecule has 22 heteroatoms. The number of hydrogen-bond donors (Lipinski definition) is 13. The van der Waals surface area contributed by atoms with Gasteiger partial charge in [-0.1, -0.05) is 12.1 Å². The normalized spacial score (nSPS) is 19.4. The predicted molar refractivity (Wildman–Crippen MR) is 208 cm³/mol. The van der Waals surface area contributed by atoms with Crippen molar-refractivity contribution in [2.45, 2.75) is 43.5 Å². The number of aliphatic hydroxyl groups excluding tert-OH is 1. The first kappa shape index (κ1) is 43.6. The molecule has 0 bridgehead atoms. The molecule has 1 saturated heterocycles. The number of Topliss-reactive ketones (excluding diaryl/α,β-unsaturated/α-hetero) is 1. The van der Waals surface area contributed by atoms with Crippen LogP contribution in [0.5, 0.6) is 74.7 Å². The molecular formula is C42H34O22. The van der Waals surface area contributed by atoms with E-state index in [1.807, 2.05) is 0 Å². The van der Waals surface area contributed by atoms with E-state index < -0.39 is 163 Å². The Bertz CT molecular complexity index is 2700. The highest BCUT2D eigenvalue weighted by atomic mass is 16.7. The van der Waals surface area contributed by atoms with E-state index in [9.17, 15) is 85.6 Å². The lowest BCUT2D eigenvalue weighted by molar-refractivity contribution is -0.276. The van der Waals surface area contributed by atoms with Crippen LogP contribution in [-0.2, 0) is 25.4 Å². The third-order valence-corrected chi connectivity index (χ3v) is 10.1. The Labute approximate surface area is 357 Å². The van der Waals surface area contributed by atoms with Gasteiger partial charge in [0.1, 0.15) is 41.3 Å². The number of cyclic esters (lactones) is 1. The summed E-state index contributed by atoms with van der Waals surface area (Å²) in [5.41, 5.74) is -4.47. The van der Waals surface area contributed by atoms with Crippen molar-refractivity contribution >= 4 is 23.7 Å². The van der Waals surface area contributed by atoms with Crippen LogP contribution in [0.1, 0.15) is 53.4 Å². The molecular weight excluding hydrogens is 856 g/mol. The van der Waals surface area contributed by atoms with Crippen LogP contribution < -0.4 is 4.74 Å². The number of aryl methyl sites for hydroxylation is 1. The smallest absolute Gasteiger partial charge is 0.339 e. The summed E-state index contributed by atoms with van der Waals surface area (Å²) in [4.78, 5) is 55.2. The van der Waals surface area contributed by atoms with Crippen LogP contribution in [0.2, 0.25) is 0 Å². The number of carbonyl (C=O) groups excluding carboxylic acids is 4. The summed E-state index contributed by atoms with van der Waals surface area (Å²) in [6.45, 7) is -1.09. The molecule has 64 heavy (non-hydrogen) atoms. The molecule has 5 atom stereocenters. The van der Waals surface area contributed by atoms with Crippen LogP contribution >= 0.6 is 0 Å². The number of hydrogen-bond acceptors (Lipinski definition) is 22. The van der Waals surface area contributed by atoms with E-state index in [0.29, 0.717) is 29.8 Å². The molecule has 5 aromatic rings. The average Bonchev–Trinajstić information content (AvgIpc) is 3.25. The maximum absolute atomic E-state index is 14.2. The number of esters is 3. The van der Waals surface area contributed by atoms with Gasteiger partial charge in [-0.05, 0) is 48.4 Å². The SMILES string of the molecule is O=C(O[C@@H]1[C@@H](O)[C@H](Oc2cc(O)cc(O)c2C(=O)CCc2ccc(O)cc2)O[C@@H]2COC(=O)c3cc(O)c(O)c(O)c3-c3c(cc(O)c(O)c3O)C(=O)O[C@@H]12)c1cc(O)c(O)c(O)c1. The molecule has 2 aliphatic rings. The molecule has 13 N–H and O–H groups in total. The molecule has 334 valence electrons. The fourth-order valence-corrected chi connectivity index (χ4v) is 6.99. The quantitative estimate of drug-likeness (QED) is 0.0461. The number of aliphatic hydroxyl groups is 1. The minimum atomic E-state index is -2.38. The van der Waals surface area contributed by atoms with Gasteiger partial charge in [0.05, 0.1) is 16.7 Å². The van der Waals surface area contributed by atoms with Crippen molar-refractivity contribution in [1.29, 1.82) is 0 Å². The van der Waals surface area contributed by atoms with Gasteiger partial charge in [0.2, 0.25) is 17.8 Å². The zero-order valence-electron chi connectivity index (χ0n) is 32.3. The van der Waals surface area contributed by atoms with E-state index in [0.717, 1.165) is 12.1 Å². The molecule has 7 rings (SSSR count). The Hall–Kier alpha value is -8.50. The summed E-state index contributed by atoms with van der Waals surface area (Å²) in [5, 5.41) is 136. The minimum Gasteiger partial charge on any atom is -0.508 e. The van der Waals surface area contributed by atoms with Crippen LogP contribution in [0.4, 0.5) is 0 Å². The monoisotopic (exact) mass is 890 g/mol. The first-order chi connectivity index (χ1) is 30.2. The highest BCUT2D eigenvalue weighted by Gasteiger charge is 2.52. The second-order valence-corrected chi connectivity index (χ2v) is 14.3. The highest BCUT2D eigenvalue weighted by molar-refractivity contribution is 6.08. The van der Waals surface area contributed by atoms with Crippen molar-refractivity contribution in [3.8, 4) is 85.9 Å². The molecule has 0 saturated carbocycles. The number of fused-ring (bicyclic) bond motifs is 4. The zero-order chi connectivity index (χ0) is 46.5. The summed E-state index contributed by atoms with van der Waals surface area (Å²) < 4.78 is 28.3. The van der Waals surface area contributed by atoms with Crippen LogP contribution in [0.3, 0.4) is 0 Å². The summed E-state index contributed by atoms with van der Waals surface area (Å²) >= 11 is 0. The van der Waals surface area contributed by atoms with E-state index in [-0.39, 0.29) is 18.6 Å². The number of ether oxygens (including phenoxy) is 5. The van der Waals surface area contributed by atoms with Crippen LogP contribution in [-0.4, -0.2) is 127 Å². The molecule has 2 aliphatic heterocycles. The Morgan fingerprint density at radius 2 is 1.20 bits per heavy atom. The largest absolute Gasteiger partial charge is 0.508 e. The second kappa shape index (κ2) is 16.8. The molecule has 0 radical (unpaired) electrons. The second-order valence-electron chi connectivity index (χ2n) is 14.3. The molecule has 0 aliphatic carbocycles. The van der Waals surface area contributed by atoms with Crippen LogP contribution in [0, 0.1) is 0 Å². The third-order valence-electron chi connectivity index (χ3n) is 10.1. The van der Waals surface area contributed by atoms with Crippen molar-refractivity contribution in [3.05, 3.63) is 88.5 Å². The first-order valence-corrected chi connectivity index (χ1v) is 18.5. The van der Waals surface area contributed by atoms with Gasteiger partial charge in [-0.2, -0.15) is 0 Å². The number of benzene rings is 5. The fraction of sp³-hybridized carbons (Fsp3) is 0.190. The van der Waals surface area contributed by atoms with Gasteiger partial charge in [-0.3, -0.25) is 4.79 Å². The van der Waals surface area contributed by atoms with E-state index in [2.05, 4.69) is 0 Å². The van der Waals surface area contributed by atoms with Crippen molar-refractivity contribution in [2.75, 3.05) is 6.61 Å². The van der Waals surface area contributed by atoms with E-state index in [1.165, 1.54) is 24.3 Å². The third kappa shape index (κ3) is 8.03. The van der Waals surface area contributed by atoms with Gasteiger partial charge in [0, 0.05) is 29.7 Å². The summed E-state index contributed by atoms with van der Waals surface area (Å²) in [6.07, 6.45) is -11.2. The highest BCUT2D eigenvalue weighted by Crippen LogP contribution is 2.53. The van der Waals surface area contributed by atoms with Crippen molar-refractivity contribution in [1.82, 2.24) is 0 Å². The zero-order valence-corrected chi connectivity index (χ0v) is 32.3. The molecule has 0 amide bonds. The number of aromatic hydroxyl groups is 12. The lowest BCUT2D eigenvalue weighted by Gasteiger charge is -2.43. The van der Waals surface area contributed by atoms with E-state index in [1.54, 1.807) is 0 Å². The van der Waals surface area contributed by atoms with Gasteiger partial charge in [0.15, 0.2) is 64.3 Å². The maximum Gasteiger partial charge on any atom is 0.339 e. The predicted octanol–water partition coefficient (Wildman–Crippen LogP) is 2.72. The Morgan fingerprint density at radius 1 is 0.641 bits per heavy atom. The molecule has 0 aromatic heterocycles. The van der Waals surface area contributed by atoms with Crippen molar-refractivity contribution < 1.29 is 109 Å². The number of phenolic OH excluding ortho intramolecular Hbond substituents is 12. The standard InChI is InChI=1S/C42H34O22/c43-16-4-1-14(2-5-16)3-6-20(45)30-21(46)9-17(44)10-26(30)61-42-36(56)38(64-39(57)15-7-22(47)31(51)23(48)8-15)37-27(62-42)13-60-40(58)18-11-24(49)32(52)34(54)28(18)29-19(41(59)63-37)12-25(50)33(53)35(29)55/h1-2,4-5,7-12,27,36-38,42-44,46-56H,3,6,13H2/t27-,36-,37-,38-,42-/m1/s1. The first-order valence-electron chi connectivity index (χ1n) is 18.5. The van der Waals surface area contributed by atoms with Gasteiger partial charge in [-0.25, -0.2) is 14.4 Å². The molecule has 0 spiro atoms. The topological polar surface area (TPSA) is 377 Å². The molecule has 2 heterocycles. The number of ketones is 1. The summed E-state index contributed by atoms with van der Waals surface area (Å²) in [5.74, 6) is -18.4. The number of rotatable bonds is 8. The van der Waals surface area contributed by atoms with Crippen molar-refractivity contribution in [2.24, 2.45) is 0 Å². The van der Waals surface area contributed by atoms with E-state index >= 15 is 0 Å². The number of carbonyl (C=O) groups is 4. The van der Waals surface area contributed by atoms with Gasteiger partial charge in [-0.15, -0.1) is 0 Å². The fourth-order valence-electron chi connectivity index (χ4n) is 6.99. The van der Waals surface area contributed by atoms with Crippen LogP contribution in [0.15, 0.2) is 60.7 Å². The minimum absolute atomic E-state index is 0.0403. The number of phenols is 12.